The highest BCUT2D eigenvalue weighted by molar-refractivity contribution is 5.92. The molecule has 1 aromatic rings. The molecule has 0 spiro atoms. The lowest BCUT2D eigenvalue weighted by molar-refractivity contribution is 0.0225. The second kappa shape index (κ2) is 9.23. The molecule has 122 valence electrons. The third kappa shape index (κ3) is 6.29. The van der Waals surface area contributed by atoms with Crippen LogP contribution in [0.3, 0.4) is 0 Å². The molecule has 1 unspecified atom stereocenters. The lowest BCUT2D eigenvalue weighted by Gasteiger charge is -2.19. The molecular formula is C18H26O4. The van der Waals surface area contributed by atoms with Crippen molar-refractivity contribution in [1.29, 1.82) is 0 Å². The SMILES string of the molecule is CCCCCC(CC(C)C)OC(=O)c1ccc(C(=O)O)cc1. The van der Waals surface area contributed by atoms with E-state index in [2.05, 4.69) is 20.8 Å². The van der Waals surface area contributed by atoms with Crippen molar-refractivity contribution in [3.05, 3.63) is 35.4 Å². The van der Waals surface area contributed by atoms with Gasteiger partial charge in [-0.15, -0.1) is 0 Å². The standard InChI is InChI=1S/C18H26O4/c1-4-5-6-7-16(12-13(2)3)22-18(21)15-10-8-14(9-11-15)17(19)20/h8-11,13,16H,4-7,12H2,1-3H3,(H,19,20). The average molecular weight is 306 g/mol. The first-order chi connectivity index (χ1) is 10.4. The maximum absolute atomic E-state index is 12.2. The van der Waals surface area contributed by atoms with E-state index >= 15 is 0 Å². The number of esters is 1. The Bertz CT molecular complexity index is 476. The Labute approximate surface area is 132 Å². The predicted molar refractivity (Wildman–Crippen MR) is 86.2 cm³/mol. The monoisotopic (exact) mass is 306 g/mol. The van der Waals surface area contributed by atoms with E-state index in [4.69, 9.17) is 9.84 Å². The molecular weight excluding hydrogens is 280 g/mol. The Balaban J connectivity index is 2.66. The highest BCUT2D eigenvalue weighted by Gasteiger charge is 2.17. The second-order valence-electron chi connectivity index (χ2n) is 6.04. The Morgan fingerprint density at radius 1 is 1.09 bits per heavy atom. The molecule has 1 atom stereocenters. The number of rotatable bonds is 9. The molecule has 0 aliphatic rings. The van der Waals surface area contributed by atoms with E-state index in [-0.39, 0.29) is 17.6 Å². The van der Waals surface area contributed by atoms with Crippen molar-refractivity contribution in [2.24, 2.45) is 5.92 Å². The van der Waals surface area contributed by atoms with E-state index in [1.54, 1.807) is 0 Å². The number of carbonyl (C=O) groups is 2. The number of benzene rings is 1. The summed E-state index contributed by atoms with van der Waals surface area (Å²) in [4.78, 5) is 23.0. The van der Waals surface area contributed by atoms with Crippen LogP contribution in [-0.4, -0.2) is 23.1 Å². The van der Waals surface area contributed by atoms with E-state index in [0.717, 1.165) is 32.1 Å². The molecule has 1 N–H and O–H groups in total. The third-order valence-corrected chi connectivity index (χ3v) is 3.51. The van der Waals surface area contributed by atoms with E-state index in [1.807, 2.05) is 0 Å². The number of hydrogen-bond donors (Lipinski definition) is 1. The molecule has 0 radical (unpaired) electrons. The second-order valence-corrected chi connectivity index (χ2v) is 6.04. The largest absolute Gasteiger partial charge is 0.478 e. The van der Waals surface area contributed by atoms with Crippen LogP contribution >= 0.6 is 0 Å². The van der Waals surface area contributed by atoms with Crippen LogP contribution in [0, 0.1) is 5.92 Å². The zero-order chi connectivity index (χ0) is 16.5. The summed E-state index contributed by atoms with van der Waals surface area (Å²) >= 11 is 0. The molecule has 0 amide bonds. The molecule has 0 aromatic heterocycles. The van der Waals surface area contributed by atoms with Crippen LogP contribution in [0.5, 0.6) is 0 Å². The topological polar surface area (TPSA) is 63.6 Å². The minimum absolute atomic E-state index is 0.0711. The number of carbonyl (C=O) groups excluding carboxylic acids is 1. The smallest absolute Gasteiger partial charge is 0.338 e. The average Bonchev–Trinajstić information content (AvgIpc) is 2.46. The van der Waals surface area contributed by atoms with Gasteiger partial charge in [-0.25, -0.2) is 9.59 Å². The fraction of sp³-hybridized carbons (Fsp3) is 0.556. The molecule has 0 heterocycles. The van der Waals surface area contributed by atoms with Crippen molar-refractivity contribution in [3.8, 4) is 0 Å². The summed E-state index contributed by atoms with van der Waals surface area (Å²) in [5, 5.41) is 8.86. The quantitative estimate of drug-likeness (QED) is 0.537. The molecule has 1 rings (SSSR count). The van der Waals surface area contributed by atoms with Gasteiger partial charge in [0.05, 0.1) is 11.1 Å². The van der Waals surface area contributed by atoms with Crippen molar-refractivity contribution in [1.82, 2.24) is 0 Å². The summed E-state index contributed by atoms with van der Waals surface area (Å²) < 4.78 is 5.61. The Kier molecular flexibility index (Phi) is 7.64. The highest BCUT2D eigenvalue weighted by Crippen LogP contribution is 2.17. The zero-order valence-corrected chi connectivity index (χ0v) is 13.7. The first kappa shape index (κ1) is 18.2. The molecule has 1 aromatic carbocycles. The summed E-state index contributed by atoms with van der Waals surface area (Å²) in [5.74, 6) is -0.912. The van der Waals surface area contributed by atoms with E-state index in [9.17, 15) is 9.59 Å². The molecule has 4 nitrogen and oxygen atoms in total. The van der Waals surface area contributed by atoms with E-state index in [1.165, 1.54) is 24.3 Å². The van der Waals surface area contributed by atoms with Gasteiger partial charge < -0.3 is 9.84 Å². The molecule has 4 heteroatoms. The van der Waals surface area contributed by atoms with Crippen LogP contribution in [0.15, 0.2) is 24.3 Å². The molecule has 0 aliphatic carbocycles. The molecule has 0 saturated carbocycles. The van der Waals surface area contributed by atoms with Crippen LogP contribution < -0.4 is 0 Å². The van der Waals surface area contributed by atoms with Crippen molar-refractivity contribution in [2.75, 3.05) is 0 Å². The molecule has 0 saturated heterocycles. The number of aromatic carboxylic acids is 1. The molecule has 0 fully saturated rings. The van der Waals surface area contributed by atoms with E-state index in [0.29, 0.717) is 11.5 Å². The Hall–Kier alpha value is -1.84. The number of unbranched alkanes of at least 4 members (excludes halogenated alkanes) is 2. The number of hydrogen-bond acceptors (Lipinski definition) is 3. The van der Waals surface area contributed by atoms with Gasteiger partial charge in [-0.3, -0.25) is 0 Å². The maximum atomic E-state index is 12.2. The molecule has 0 aliphatic heterocycles. The van der Waals surface area contributed by atoms with Crippen LogP contribution in [0.1, 0.15) is 73.6 Å². The summed E-state index contributed by atoms with van der Waals surface area (Å²) in [6.07, 6.45) is 4.99. The van der Waals surface area contributed by atoms with Gasteiger partial charge in [0.2, 0.25) is 0 Å². The van der Waals surface area contributed by atoms with Crippen LogP contribution in [-0.2, 0) is 4.74 Å². The summed E-state index contributed by atoms with van der Waals surface area (Å²) in [6.45, 7) is 6.37. The lowest BCUT2D eigenvalue weighted by atomic mass is 10.0. The summed E-state index contributed by atoms with van der Waals surface area (Å²) in [6, 6.07) is 5.86. The van der Waals surface area contributed by atoms with Crippen LogP contribution in [0.2, 0.25) is 0 Å². The fourth-order valence-electron chi connectivity index (χ4n) is 2.34. The predicted octanol–water partition coefficient (Wildman–Crippen LogP) is 4.54. The van der Waals surface area contributed by atoms with E-state index < -0.39 is 5.97 Å². The number of carboxylic acids is 1. The molecule has 22 heavy (non-hydrogen) atoms. The van der Waals surface area contributed by atoms with Crippen molar-refractivity contribution in [3.63, 3.8) is 0 Å². The van der Waals surface area contributed by atoms with Crippen LogP contribution in [0.25, 0.3) is 0 Å². The van der Waals surface area contributed by atoms with Gasteiger partial charge >= 0.3 is 11.9 Å². The van der Waals surface area contributed by atoms with Crippen LogP contribution in [0.4, 0.5) is 0 Å². The Morgan fingerprint density at radius 2 is 1.68 bits per heavy atom. The van der Waals surface area contributed by atoms with Gasteiger partial charge in [0, 0.05) is 0 Å². The van der Waals surface area contributed by atoms with Gasteiger partial charge in [-0.05, 0) is 49.4 Å². The number of ether oxygens (including phenoxy) is 1. The zero-order valence-electron chi connectivity index (χ0n) is 13.7. The van der Waals surface area contributed by atoms with Gasteiger partial charge in [-0.1, -0.05) is 33.6 Å². The van der Waals surface area contributed by atoms with Crippen molar-refractivity contribution >= 4 is 11.9 Å². The third-order valence-electron chi connectivity index (χ3n) is 3.51. The Morgan fingerprint density at radius 3 is 2.18 bits per heavy atom. The maximum Gasteiger partial charge on any atom is 0.338 e. The van der Waals surface area contributed by atoms with Crippen molar-refractivity contribution < 1.29 is 19.4 Å². The van der Waals surface area contributed by atoms with Gasteiger partial charge in [0.25, 0.3) is 0 Å². The first-order valence-electron chi connectivity index (χ1n) is 7.98. The molecule has 0 bridgehead atoms. The fourth-order valence-corrected chi connectivity index (χ4v) is 2.34. The normalized spacial score (nSPS) is 12.2. The highest BCUT2D eigenvalue weighted by atomic mass is 16.5. The summed E-state index contributed by atoms with van der Waals surface area (Å²) in [7, 11) is 0. The van der Waals surface area contributed by atoms with Crippen molar-refractivity contribution in [2.45, 2.75) is 59.0 Å². The van der Waals surface area contributed by atoms with Gasteiger partial charge in [-0.2, -0.15) is 0 Å². The summed E-state index contributed by atoms with van der Waals surface area (Å²) in [5.41, 5.74) is 0.562. The minimum Gasteiger partial charge on any atom is -0.478 e. The minimum atomic E-state index is -1.00. The lowest BCUT2D eigenvalue weighted by Crippen LogP contribution is -2.20. The number of carboxylic acid groups (broad SMARTS) is 1. The van der Waals surface area contributed by atoms with Gasteiger partial charge in [0.1, 0.15) is 6.10 Å². The van der Waals surface area contributed by atoms with Gasteiger partial charge in [0.15, 0.2) is 0 Å². The first-order valence-corrected chi connectivity index (χ1v) is 7.98.